The summed E-state index contributed by atoms with van der Waals surface area (Å²) in [5, 5.41) is 0. The molecule has 0 unspecified atom stereocenters. The van der Waals surface area contributed by atoms with Gasteiger partial charge in [-0.3, -0.25) is 10.2 Å². The van der Waals surface area contributed by atoms with Crippen molar-refractivity contribution in [2.75, 3.05) is 0 Å². The van der Waals surface area contributed by atoms with Crippen LogP contribution in [0.3, 0.4) is 0 Å². The molecule has 0 radical (unpaired) electrons. The molecular weight excluding hydrogens is 152 g/mol. The van der Waals surface area contributed by atoms with Crippen molar-refractivity contribution >= 4 is 5.91 Å². The number of carbonyl (C=O) groups excluding carboxylic acids is 1. The van der Waals surface area contributed by atoms with E-state index in [9.17, 15) is 4.79 Å². The van der Waals surface area contributed by atoms with Crippen LogP contribution in [0.1, 0.15) is 39.5 Å². The molecule has 0 aromatic rings. The quantitative estimate of drug-likeness (QED) is 0.371. The summed E-state index contributed by atoms with van der Waals surface area (Å²) in [4.78, 5) is 11.4. The maximum Gasteiger partial charge on any atom is 0.239 e. The molecule has 12 heavy (non-hydrogen) atoms. The number of hydrogen-bond donors (Lipinski definition) is 2. The first-order valence-electron chi connectivity index (χ1n) is 4.60. The molecule has 0 heterocycles. The standard InChI is InChI=1S/C9H18N2O/c1-9(2,8(12)11-10)7-5-3-4-6-7/h7H,3-6,10H2,1-2H3,(H,11,12). The molecule has 0 bridgehead atoms. The Morgan fingerprint density at radius 2 is 1.92 bits per heavy atom. The van der Waals surface area contributed by atoms with E-state index in [1.165, 1.54) is 25.7 Å². The smallest absolute Gasteiger partial charge is 0.239 e. The van der Waals surface area contributed by atoms with E-state index in [1.54, 1.807) is 0 Å². The van der Waals surface area contributed by atoms with E-state index in [4.69, 9.17) is 5.84 Å². The Morgan fingerprint density at radius 1 is 1.42 bits per heavy atom. The molecule has 1 saturated carbocycles. The van der Waals surface area contributed by atoms with E-state index in [0.717, 1.165) is 0 Å². The second-order valence-corrected chi connectivity index (χ2v) is 4.18. The monoisotopic (exact) mass is 170 g/mol. The molecule has 3 heteroatoms. The molecule has 1 rings (SSSR count). The minimum Gasteiger partial charge on any atom is -0.294 e. The van der Waals surface area contributed by atoms with Crippen LogP contribution in [0, 0.1) is 11.3 Å². The Labute approximate surface area is 73.7 Å². The third-order valence-corrected chi connectivity index (χ3v) is 3.09. The third kappa shape index (κ3) is 1.61. The summed E-state index contributed by atoms with van der Waals surface area (Å²) in [6.07, 6.45) is 4.85. The number of amides is 1. The average molecular weight is 170 g/mol. The molecule has 0 atom stereocenters. The Kier molecular flexibility index (Phi) is 2.73. The summed E-state index contributed by atoms with van der Waals surface area (Å²) in [5.74, 6) is 5.61. The lowest BCUT2D eigenvalue weighted by atomic mass is 9.77. The zero-order chi connectivity index (χ0) is 9.19. The molecule has 0 saturated heterocycles. The van der Waals surface area contributed by atoms with Crippen LogP contribution in [0.25, 0.3) is 0 Å². The van der Waals surface area contributed by atoms with Crippen molar-refractivity contribution in [3.8, 4) is 0 Å². The van der Waals surface area contributed by atoms with E-state index in [2.05, 4.69) is 5.43 Å². The molecule has 1 aliphatic rings. The first-order chi connectivity index (χ1) is 5.59. The van der Waals surface area contributed by atoms with Crippen molar-refractivity contribution in [2.24, 2.45) is 17.2 Å². The lowest BCUT2D eigenvalue weighted by molar-refractivity contribution is -0.132. The fraction of sp³-hybridized carbons (Fsp3) is 0.889. The minimum absolute atomic E-state index is 0.0330. The zero-order valence-corrected chi connectivity index (χ0v) is 7.89. The molecular formula is C9H18N2O. The summed E-state index contributed by atoms with van der Waals surface area (Å²) in [6, 6.07) is 0. The maximum absolute atomic E-state index is 11.4. The van der Waals surface area contributed by atoms with Crippen molar-refractivity contribution in [1.82, 2.24) is 5.43 Å². The number of carbonyl (C=O) groups is 1. The van der Waals surface area contributed by atoms with Gasteiger partial charge in [0, 0.05) is 5.41 Å². The first-order valence-corrected chi connectivity index (χ1v) is 4.60. The van der Waals surface area contributed by atoms with Gasteiger partial charge in [0.05, 0.1) is 0 Å². The van der Waals surface area contributed by atoms with Crippen LogP contribution in [0.2, 0.25) is 0 Å². The van der Waals surface area contributed by atoms with Crippen molar-refractivity contribution < 1.29 is 4.79 Å². The average Bonchev–Trinajstić information content (AvgIpc) is 2.55. The lowest BCUT2D eigenvalue weighted by Crippen LogP contribution is -2.44. The summed E-state index contributed by atoms with van der Waals surface area (Å²) >= 11 is 0. The van der Waals surface area contributed by atoms with Crippen molar-refractivity contribution in [1.29, 1.82) is 0 Å². The van der Waals surface area contributed by atoms with Gasteiger partial charge in [-0.2, -0.15) is 0 Å². The Hall–Kier alpha value is -0.570. The SMILES string of the molecule is CC(C)(C(=O)NN)C1CCCC1. The molecule has 0 spiro atoms. The van der Waals surface area contributed by atoms with E-state index < -0.39 is 0 Å². The predicted molar refractivity (Wildman–Crippen MR) is 48.1 cm³/mol. The number of hydrogen-bond acceptors (Lipinski definition) is 2. The van der Waals surface area contributed by atoms with E-state index >= 15 is 0 Å². The van der Waals surface area contributed by atoms with Crippen LogP contribution >= 0.6 is 0 Å². The molecule has 1 amide bonds. The third-order valence-electron chi connectivity index (χ3n) is 3.09. The van der Waals surface area contributed by atoms with Crippen molar-refractivity contribution in [3.05, 3.63) is 0 Å². The van der Waals surface area contributed by atoms with E-state index in [0.29, 0.717) is 5.92 Å². The van der Waals surface area contributed by atoms with Crippen LogP contribution in [0.15, 0.2) is 0 Å². The molecule has 1 aliphatic carbocycles. The maximum atomic E-state index is 11.4. The normalized spacial score (nSPS) is 19.6. The molecule has 1 fully saturated rings. The molecule has 3 N–H and O–H groups in total. The summed E-state index contributed by atoms with van der Waals surface area (Å²) in [6.45, 7) is 3.95. The zero-order valence-electron chi connectivity index (χ0n) is 7.89. The van der Waals surface area contributed by atoms with Gasteiger partial charge < -0.3 is 0 Å². The number of nitrogens with two attached hydrogens (primary N) is 1. The summed E-state index contributed by atoms with van der Waals surface area (Å²) < 4.78 is 0. The van der Waals surface area contributed by atoms with Crippen LogP contribution in [-0.2, 0) is 4.79 Å². The van der Waals surface area contributed by atoms with Crippen LogP contribution in [0.5, 0.6) is 0 Å². The molecule has 0 aromatic heterocycles. The van der Waals surface area contributed by atoms with Crippen molar-refractivity contribution in [3.63, 3.8) is 0 Å². The van der Waals surface area contributed by atoms with Gasteiger partial charge in [0.25, 0.3) is 0 Å². The Balaban J connectivity index is 2.62. The van der Waals surface area contributed by atoms with Gasteiger partial charge in [0.1, 0.15) is 0 Å². The van der Waals surface area contributed by atoms with Gasteiger partial charge in [-0.1, -0.05) is 26.7 Å². The van der Waals surface area contributed by atoms with Crippen molar-refractivity contribution in [2.45, 2.75) is 39.5 Å². The minimum atomic E-state index is -0.286. The molecule has 70 valence electrons. The lowest BCUT2D eigenvalue weighted by Gasteiger charge is -2.28. The highest BCUT2D eigenvalue weighted by Crippen LogP contribution is 2.39. The summed E-state index contributed by atoms with van der Waals surface area (Å²) in [5.41, 5.74) is 1.96. The molecule has 3 nitrogen and oxygen atoms in total. The Bertz CT molecular complexity index is 171. The van der Waals surface area contributed by atoms with Gasteiger partial charge in [-0.25, -0.2) is 5.84 Å². The van der Waals surface area contributed by atoms with Crippen LogP contribution in [0.4, 0.5) is 0 Å². The van der Waals surface area contributed by atoms with Gasteiger partial charge >= 0.3 is 0 Å². The second kappa shape index (κ2) is 3.44. The highest BCUT2D eigenvalue weighted by atomic mass is 16.2. The largest absolute Gasteiger partial charge is 0.294 e. The van der Waals surface area contributed by atoms with E-state index in [-0.39, 0.29) is 11.3 Å². The van der Waals surface area contributed by atoms with Gasteiger partial charge in [0.15, 0.2) is 0 Å². The van der Waals surface area contributed by atoms with Crippen LogP contribution < -0.4 is 11.3 Å². The number of hydrazine groups is 1. The molecule has 0 aromatic carbocycles. The first kappa shape index (κ1) is 9.52. The fourth-order valence-corrected chi connectivity index (χ4v) is 2.02. The Morgan fingerprint density at radius 3 is 2.33 bits per heavy atom. The van der Waals surface area contributed by atoms with Gasteiger partial charge in [0.2, 0.25) is 5.91 Å². The predicted octanol–water partition coefficient (Wildman–Crippen LogP) is 1.19. The molecule has 0 aliphatic heterocycles. The highest BCUT2D eigenvalue weighted by Gasteiger charge is 2.37. The van der Waals surface area contributed by atoms with E-state index in [1.807, 2.05) is 13.8 Å². The van der Waals surface area contributed by atoms with Gasteiger partial charge in [-0.05, 0) is 18.8 Å². The highest BCUT2D eigenvalue weighted by molar-refractivity contribution is 5.81. The summed E-state index contributed by atoms with van der Waals surface area (Å²) in [7, 11) is 0. The number of nitrogens with one attached hydrogen (secondary N) is 1. The van der Waals surface area contributed by atoms with Crippen LogP contribution in [-0.4, -0.2) is 5.91 Å². The second-order valence-electron chi connectivity index (χ2n) is 4.18. The number of rotatable bonds is 2. The fourth-order valence-electron chi connectivity index (χ4n) is 2.02. The van der Waals surface area contributed by atoms with Gasteiger partial charge in [-0.15, -0.1) is 0 Å². The topological polar surface area (TPSA) is 55.1 Å².